The average Bonchev–Trinajstić information content (AvgIpc) is 1.76. The molecule has 0 fully saturated rings. The molecule has 0 amide bonds. The molecule has 8 heavy (non-hydrogen) atoms. The van der Waals surface area contributed by atoms with E-state index in [0.717, 1.165) is 0 Å². The van der Waals surface area contributed by atoms with Gasteiger partial charge >= 0.3 is 0 Å². The van der Waals surface area contributed by atoms with Crippen LogP contribution in [0.5, 0.6) is 0 Å². The van der Waals surface area contributed by atoms with Crippen molar-refractivity contribution in [1.82, 2.24) is 4.37 Å². The lowest BCUT2D eigenvalue weighted by atomic mass is 10.8. The largest absolute Gasteiger partial charge is 0.201 e. The summed E-state index contributed by atoms with van der Waals surface area (Å²) in [6.45, 7) is 0. The van der Waals surface area contributed by atoms with Crippen molar-refractivity contribution in [2.24, 2.45) is 0 Å². The lowest BCUT2D eigenvalue weighted by Crippen LogP contribution is -1.32. The molecule has 45 valence electrons. The van der Waals surface area contributed by atoms with Gasteiger partial charge in [0.15, 0.2) is 0 Å². The van der Waals surface area contributed by atoms with E-state index in [1.807, 2.05) is 11.4 Å². The number of nitrogens with zero attached hydrogens (tertiary/aromatic N) is 1. The molecule has 1 rings (SSSR count). The highest BCUT2D eigenvalue weighted by Gasteiger charge is 1.59. The van der Waals surface area contributed by atoms with E-state index in [4.69, 9.17) is 0 Å². The predicted molar refractivity (Wildman–Crippen MR) is 41.3 cm³/mol. The molecule has 1 heterocycles. The summed E-state index contributed by atoms with van der Waals surface area (Å²) in [4.78, 5) is 0. The Labute approximate surface area is 57.5 Å². The Hall–Kier alpha value is -0.305. The van der Waals surface area contributed by atoms with Crippen molar-refractivity contribution in [1.29, 1.82) is 0 Å². The van der Waals surface area contributed by atoms with Crippen molar-refractivity contribution in [2.75, 3.05) is 0 Å². The summed E-state index contributed by atoms with van der Waals surface area (Å²) < 4.78 is 3.76. The Kier molecular flexibility index (Phi) is 19.3. The smallest absolute Gasteiger partial charge is 0.0406 e. The quantitative estimate of drug-likeness (QED) is 0.487. The van der Waals surface area contributed by atoms with Crippen molar-refractivity contribution in [3.05, 3.63) is 17.6 Å². The standard InChI is InChI=1S/C3H3NS.2CH4.B/c1-2-4-5-3-1;;;/h1-3H;2*1H4;. The van der Waals surface area contributed by atoms with Crippen molar-refractivity contribution in [3.8, 4) is 0 Å². The van der Waals surface area contributed by atoms with Gasteiger partial charge in [0.05, 0.1) is 0 Å². The second kappa shape index (κ2) is 9.85. The highest BCUT2D eigenvalue weighted by Crippen LogP contribution is 1.83. The Morgan fingerprint density at radius 2 is 1.88 bits per heavy atom. The third kappa shape index (κ3) is 5.69. The van der Waals surface area contributed by atoms with Crippen molar-refractivity contribution >= 4 is 19.9 Å². The minimum absolute atomic E-state index is 0. The van der Waals surface area contributed by atoms with E-state index in [1.54, 1.807) is 6.20 Å². The molecule has 0 saturated heterocycles. The number of hydrogen-bond donors (Lipinski definition) is 0. The molecule has 0 bridgehead atoms. The molecule has 1 aromatic rings. The van der Waals surface area contributed by atoms with Crippen LogP contribution in [0.2, 0.25) is 0 Å². The Bertz CT molecular complexity index is 68.9. The van der Waals surface area contributed by atoms with E-state index in [9.17, 15) is 0 Å². The molecule has 0 spiro atoms. The van der Waals surface area contributed by atoms with Gasteiger partial charge in [-0.2, -0.15) is 0 Å². The summed E-state index contributed by atoms with van der Waals surface area (Å²) in [6, 6.07) is 1.91. The maximum absolute atomic E-state index is 3.76. The van der Waals surface area contributed by atoms with Crippen LogP contribution in [-0.2, 0) is 0 Å². The maximum Gasteiger partial charge on any atom is 0.0406 e. The summed E-state index contributed by atoms with van der Waals surface area (Å²) in [5.74, 6) is 0. The second-order valence-electron chi connectivity index (χ2n) is 0.688. The van der Waals surface area contributed by atoms with Crippen LogP contribution in [0.3, 0.4) is 0 Å². The highest BCUT2D eigenvalue weighted by atomic mass is 32.1. The Balaban J connectivity index is -0.0000000833. The van der Waals surface area contributed by atoms with Gasteiger partial charge in [0.25, 0.3) is 0 Å². The van der Waals surface area contributed by atoms with Gasteiger partial charge in [-0.05, 0) is 17.6 Å². The van der Waals surface area contributed by atoms with Crippen molar-refractivity contribution in [2.45, 2.75) is 14.9 Å². The average molecular weight is 128 g/mol. The number of rotatable bonds is 0. The summed E-state index contributed by atoms with van der Waals surface area (Å²) >= 11 is 1.46. The fraction of sp³-hybridized carbons (Fsp3) is 0.400. The molecule has 0 aliphatic carbocycles. The topological polar surface area (TPSA) is 12.9 Å². The first-order valence-corrected chi connectivity index (χ1v) is 2.18. The van der Waals surface area contributed by atoms with Crippen LogP contribution in [0, 0.1) is 0 Å². The SMILES string of the molecule is C.C.[B].c1cnsc1. The first kappa shape index (κ1) is 15.6. The van der Waals surface area contributed by atoms with Crippen molar-refractivity contribution < 1.29 is 0 Å². The van der Waals surface area contributed by atoms with Crippen LogP contribution >= 0.6 is 11.5 Å². The molecule has 3 heteroatoms. The molecule has 0 N–H and O–H groups in total. The molecule has 0 aromatic carbocycles. The zero-order valence-electron chi connectivity index (χ0n) is 3.16. The van der Waals surface area contributed by atoms with Crippen LogP contribution in [0.1, 0.15) is 14.9 Å². The van der Waals surface area contributed by atoms with Gasteiger partial charge in [0.2, 0.25) is 0 Å². The van der Waals surface area contributed by atoms with Crippen molar-refractivity contribution in [3.63, 3.8) is 0 Å². The fourth-order valence-electron chi connectivity index (χ4n) is 0.176. The van der Waals surface area contributed by atoms with Gasteiger partial charge in [-0.1, -0.05) is 14.9 Å². The molecule has 0 unspecified atom stereocenters. The van der Waals surface area contributed by atoms with E-state index >= 15 is 0 Å². The molecule has 0 atom stereocenters. The Morgan fingerprint density at radius 1 is 1.25 bits per heavy atom. The lowest BCUT2D eigenvalue weighted by molar-refractivity contribution is 1.58. The Morgan fingerprint density at radius 3 is 2.00 bits per heavy atom. The predicted octanol–water partition coefficient (Wildman–Crippen LogP) is 2.03. The van der Waals surface area contributed by atoms with Crippen LogP contribution in [0.4, 0.5) is 0 Å². The van der Waals surface area contributed by atoms with Gasteiger partial charge in [0.1, 0.15) is 0 Å². The van der Waals surface area contributed by atoms with E-state index < -0.39 is 0 Å². The zero-order valence-corrected chi connectivity index (χ0v) is 3.98. The summed E-state index contributed by atoms with van der Waals surface area (Å²) in [7, 11) is 0. The zero-order chi connectivity index (χ0) is 3.54. The third-order valence-electron chi connectivity index (χ3n) is 0.347. The second-order valence-corrected chi connectivity index (χ2v) is 1.38. The molecule has 0 aliphatic heterocycles. The summed E-state index contributed by atoms with van der Waals surface area (Å²) in [5, 5.41) is 1.93. The van der Waals surface area contributed by atoms with Crippen LogP contribution in [0.25, 0.3) is 0 Å². The molecule has 0 saturated carbocycles. The van der Waals surface area contributed by atoms with Crippen LogP contribution in [0.15, 0.2) is 17.6 Å². The van der Waals surface area contributed by atoms with Crippen LogP contribution in [-0.4, -0.2) is 12.8 Å². The molecular formula is C5H11BNS. The monoisotopic (exact) mass is 128 g/mol. The normalized spacial score (nSPS) is 5.00. The van der Waals surface area contributed by atoms with Gasteiger partial charge in [-0.15, -0.1) is 0 Å². The summed E-state index contributed by atoms with van der Waals surface area (Å²) in [5.41, 5.74) is 0. The molecular weight excluding hydrogens is 117 g/mol. The molecule has 1 aromatic heterocycles. The minimum Gasteiger partial charge on any atom is -0.201 e. The number of hydrogen-bond acceptors (Lipinski definition) is 2. The first-order valence-electron chi connectivity index (χ1n) is 1.34. The number of aromatic nitrogens is 1. The minimum atomic E-state index is 0. The molecule has 1 nitrogen and oxygen atoms in total. The van der Waals surface area contributed by atoms with E-state index in [0.29, 0.717) is 0 Å². The molecule has 0 aliphatic rings. The lowest BCUT2D eigenvalue weighted by Gasteiger charge is -1.41. The third-order valence-corrected chi connectivity index (χ3v) is 0.869. The van der Waals surface area contributed by atoms with Gasteiger partial charge in [-0.25, -0.2) is 4.37 Å². The van der Waals surface area contributed by atoms with E-state index in [2.05, 4.69) is 4.37 Å². The van der Waals surface area contributed by atoms with E-state index in [-0.39, 0.29) is 23.3 Å². The first-order chi connectivity index (χ1) is 2.50. The van der Waals surface area contributed by atoms with Gasteiger partial charge in [0, 0.05) is 20.0 Å². The molecule has 3 radical (unpaired) electrons. The summed E-state index contributed by atoms with van der Waals surface area (Å²) in [6.07, 6.45) is 1.77. The van der Waals surface area contributed by atoms with Crippen LogP contribution < -0.4 is 0 Å². The fourth-order valence-corrected chi connectivity index (χ4v) is 0.527. The van der Waals surface area contributed by atoms with E-state index in [1.165, 1.54) is 11.5 Å². The van der Waals surface area contributed by atoms with Gasteiger partial charge in [-0.3, -0.25) is 0 Å². The maximum atomic E-state index is 3.76. The highest BCUT2D eigenvalue weighted by molar-refractivity contribution is 7.03. The van der Waals surface area contributed by atoms with Gasteiger partial charge < -0.3 is 0 Å².